The van der Waals surface area contributed by atoms with Crippen molar-refractivity contribution in [1.82, 2.24) is 5.32 Å². The highest BCUT2D eigenvalue weighted by atomic mass is 35.5. The van der Waals surface area contributed by atoms with Gasteiger partial charge in [0.1, 0.15) is 5.56 Å². The van der Waals surface area contributed by atoms with Crippen molar-refractivity contribution < 1.29 is 14.7 Å². The minimum atomic E-state index is -1.18. The van der Waals surface area contributed by atoms with Gasteiger partial charge in [-0.15, -0.1) is 0 Å². The molecular formula is C13H17ClN2O3. The van der Waals surface area contributed by atoms with Crippen LogP contribution in [0.1, 0.15) is 30.6 Å². The molecule has 104 valence electrons. The zero-order valence-electron chi connectivity index (χ0n) is 10.9. The smallest absolute Gasteiger partial charge is 0.339 e. The number of nitrogens with one attached hydrogen (secondary N) is 2. The van der Waals surface area contributed by atoms with Gasteiger partial charge < -0.3 is 15.7 Å². The highest BCUT2D eigenvalue weighted by molar-refractivity contribution is 6.34. The molecule has 0 aromatic heterocycles. The number of hydrogen-bond donors (Lipinski definition) is 3. The molecule has 0 fully saturated rings. The molecule has 1 aromatic rings. The van der Waals surface area contributed by atoms with Crippen LogP contribution in [0.5, 0.6) is 0 Å². The van der Waals surface area contributed by atoms with Gasteiger partial charge in [-0.25, -0.2) is 9.59 Å². The normalized spacial score (nSPS) is 10.3. The number of aromatic carboxylic acids is 1. The van der Waals surface area contributed by atoms with Crippen LogP contribution in [0.2, 0.25) is 5.02 Å². The van der Waals surface area contributed by atoms with Crippen molar-refractivity contribution >= 4 is 29.3 Å². The van der Waals surface area contributed by atoms with E-state index >= 15 is 0 Å². The topological polar surface area (TPSA) is 78.4 Å². The second-order valence-corrected chi connectivity index (χ2v) is 4.94. The maximum atomic E-state index is 11.6. The van der Waals surface area contributed by atoms with Crippen LogP contribution in [-0.2, 0) is 0 Å². The van der Waals surface area contributed by atoms with E-state index in [4.69, 9.17) is 16.7 Å². The number of rotatable bonds is 5. The monoisotopic (exact) mass is 284 g/mol. The molecule has 0 aliphatic carbocycles. The molecule has 0 aliphatic rings. The zero-order valence-corrected chi connectivity index (χ0v) is 11.6. The molecule has 0 saturated carbocycles. The van der Waals surface area contributed by atoms with E-state index in [0.29, 0.717) is 12.5 Å². The number of carboxylic acids is 1. The lowest BCUT2D eigenvalue weighted by Gasteiger charge is -2.11. The highest BCUT2D eigenvalue weighted by Gasteiger charge is 2.15. The standard InChI is InChI=1S/C13H17ClN2O3/c1-8(2)6-7-15-13(19)16-10-5-3-4-9(14)11(10)12(17)18/h3-5,8H,6-7H2,1-2H3,(H,17,18)(H2,15,16,19). The summed E-state index contributed by atoms with van der Waals surface area (Å²) in [7, 11) is 0. The fourth-order valence-electron chi connectivity index (χ4n) is 1.49. The molecule has 1 aromatic carbocycles. The van der Waals surface area contributed by atoms with Gasteiger partial charge in [-0.3, -0.25) is 0 Å². The first kappa shape index (κ1) is 15.3. The molecule has 0 radical (unpaired) electrons. The SMILES string of the molecule is CC(C)CCNC(=O)Nc1cccc(Cl)c1C(=O)O. The Balaban J connectivity index is 2.69. The number of halogens is 1. The van der Waals surface area contributed by atoms with E-state index < -0.39 is 12.0 Å². The highest BCUT2D eigenvalue weighted by Crippen LogP contribution is 2.24. The van der Waals surface area contributed by atoms with E-state index in [-0.39, 0.29) is 16.3 Å². The Morgan fingerprint density at radius 2 is 2.05 bits per heavy atom. The van der Waals surface area contributed by atoms with Gasteiger partial charge in [0.15, 0.2) is 0 Å². The van der Waals surface area contributed by atoms with Crippen molar-refractivity contribution in [2.45, 2.75) is 20.3 Å². The Bertz CT molecular complexity index is 475. The van der Waals surface area contributed by atoms with Gasteiger partial charge in [-0.2, -0.15) is 0 Å². The van der Waals surface area contributed by atoms with Crippen molar-refractivity contribution in [3.05, 3.63) is 28.8 Å². The molecule has 0 bridgehead atoms. The molecule has 5 nitrogen and oxygen atoms in total. The third kappa shape index (κ3) is 4.79. The van der Waals surface area contributed by atoms with Gasteiger partial charge in [0.05, 0.1) is 10.7 Å². The molecule has 1 rings (SSSR count). The zero-order chi connectivity index (χ0) is 14.4. The molecule has 0 unspecified atom stereocenters. The van der Waals surface area contributed by atoms with Gasteiger partial charge in [-0.05, 0) is 24.5 Å². The second-order valence-electron chi connectivity index (χ2n) is 4.53. The molecule has 3 N–H and O–H groups in total. The predicted octanol–water partition coefficient (Wildman–Crippen LogP) is 3.21. The summed E-state index contributed by atoms with van der Waals surface area (Å²) in [4.78, 5) is 22.7. The van der Waals surface area contributed by atoms with Crippen LogP contribution in [-0.4, -0.2) is 23.7 Å². The van der Waals surface area contributed by atoms with Crippen LogP contribution in [0.15, 0.2) is 18.2 Å². The van der Waals surface area contributed by atoms with Gasteiger partial charge >= 0.3 is 12.0 Å². The summed E-state index contributed by atoms with van der Waals surface area (Å²) in [5, 5.41) is 14.3. The fraction of sp³-hybridized carbons (Fsp3) is 0.385. The number of amides is 2. The number of anilines is 1. The first-order valence-corrected chi connectivity index (χ1v) is 6.36. The average molecular weight is 285 g/mol. The van der Waals surface area contributed by atoms with Gasteiger partial charge in [0.2, 0.25) is 0 Å². The van der Waals surface area contributed by atoms with Crippen LogP contribution >= 0.6 is 11.6 Å². The molecule has 0 saturated heterocycles. The summed E-state index contributed by atoms with van der Waals surface area (Å²) in [6, 6.07) is 4.10. The first-order chi connectivity index (χ1) is 8.91. The number of benzene rings is 1. The van der Waals surface area contributed by atoms with E-state index in [0.717, 1.165) is 6.42 Å². The molecule has 2 amide bonds. The molecular weight excluding hydrogens is 268 g/mol. The third-order valence-corrected chi connectivity index (χ3v) is 2.80. The summed E-state index contributed by atoms with van der Waals surface area (Å²) in [6.45, 7) is 4.64. The van der Waals surface area contributed by atoms with Crippen molar-refractivity contribution in [3.63, 3.8) is 0 Å². The summed E-state index contributed by atoms with van der Waals surface area (Å²) in [6.07, 6.45) is 0.856. The van der Waals surface area contributed by atoms with Gasteiger partial charge in [-0.1, -0.05) is 31.5 Å². The van der Waals surface area contributed by atoms with E-state index in [1.165, 1.54) is 12.1 Å². The minimum Gasteiger partial charge on any atom is -0.478 e. The number of carboxylic acid groups (broad SMARTS) is 1. The molecule has 0 heterocycles. The van der Waals surface area contributed by atoms with Crippen molar-refractivity contribution in [3.8, 4) is 0 Å². The molecule has 0 spiro atoms. The van der Waals surface area contributed by atoms with E-state index in [1.54, 1.807) is 6.07 Å². The summed E-state index contributed by atoms with van der Waals surface area (Å²) < 4.78 is 0. The second kappa shape index (κ2) is 6.99. The van der Waals surface area contributed by atoms with Crippen molar-refractivity contribution in [2.75, 3.05) is 11.9 Å². The lowest BCUT2D eigenvalue weighted by molar-refractivity contribution is 0.0698. The average Bonchev–Trinajstić information content (AvgIpc) is 2.27. The Hall–Kier alpha value is -1.75. The Kier molecular flexibility index (Phi) is 5.63. The lowest BCUT2D eigenvalue weighted by atomic mass is 10.1. The lowest BCUT2D eigenvalue weighted by Crippen LogP contribution is -2.30. The first-order valence-electron chi connectivity index (χ1n) is 5.98. The predicted molar refractivity (Wildman–Crippen MR) is 74.9 cm³/mol. The molecule has 6 heteroatoms. The maximum Gasteiger partial charge on any atom is 0.339 e. The summed E-state index contributed by atoms with van der Waals surface area (Å²) in [5.74, 6) is -0.691. The van der Waals surface area contributed by atoms with E-state index in [2.05, 4.69) is 24.5 Å². The number of hydrogen-bond acceptors (Lipinski definition) is 2. The summed E-state index contributed by atoms with van der Waals surface area (Å²) >= 11 is 5.80. The Labute approximate surface area is 117 Å². The fourth-order valence-corrected chi connectivity index (χ4v) is 1.74. The van der Waals surface area contributed by atoms with Crippen LogP contribution < -0.4 is 10.6 Å². The van der Waals surface area contributed by atoms with Crippen LogP contribution in [0.3, 0.4) is 0 Å². The maximum absolute atomic E-state index is 11.6. The van der Waals surface area contributed by atoms with Crippen LogP contribution in [0, 0.1) is 5.92 Å². The van der Waals surface area contributed by atoms with E-state index in [1.807, 2.05) is 0 Å². The van der Waals surface area contributed by atoms with Gasteiger partial charge in [0, 0.05) is 6.54 Å². The molecule has 0 aliphatic heterocycles. The van der Waals surface area contributed by atoms with Crippen LogP contribution in [0.25, 0.3) is 0 Å². The van der Waals surface area contributed by atoms with Crippen molar-refractivity contribution in [2.24, 2.45) is 5.92 Å². The largest absolute Gasteiger partial charge is 0.478 e. The Morgan fingerprint density at radius 1 is 1.37 bits per heavy atom. The third-order valence-electron chi connectivity index (χ3n) is 2.48. The number of carbonyl (C=O) groups is 2. The van der Waals surface area contributed by atoms with Crippen molar-refractivity contribution in [1.29, 1.82) is 0 Å². The number of carbonyl (C=O) groups excluding carboxylic acids is 1. The summed E-state index contributed by atoms with van der Waals surface area (Å²) in [5.41, 5.74) is 0.0743. The molecule has 0 atom stereocenters. The number of urea groups is 1. The van der Waals surface area contributed by atoms with Crippen LogP contribution in [0.4, 0.5) is 10.5 Å². The molecule has 19 heavy (non-hydrogen) atoms. The Morgan fingerprint density at radius 3 is 2.63 bits per heavy atom. The van der Waals surface area contributed by atoms with Gasteiger partial charge in [0.25, 0.3) is 0 Å². The minimum absolute atomic E-state index is 0.0903. The van der Waals surface area contributed by atoms with E-state index in [9.17, 15) is 9.59 Å². The quantitative estimate of drug-likeness (QED) is 0.777.